The van der Waals surface area contributed by atoms with E-state index in [2.05, 4.69) is 5.32 Å². The minimum atomic E-state index is -0.597. The van der Waals surface area contributed by atoms with Crippen LogP contribution < -0.4 is 14.8 Å². The van der Waals surface area contributed by atoms with E-state index in [-0.39, 0.29) is 35.0 Å². The van der Waals surface area contributed by atoms with Gasteiger partial charge in [-0.3, -0.25) is 19.8 Å². The molecule has 0 bridgehead atoms. The Balaban J connectivity index is 1.96. The maximum absolute atomic E-state index is 12.7. The Hall–Kier alpha value is -3.88. The molecule has 0 atom stereocenters. The standard InChI is InChI=1S/C20H19N3O6/c1-12-5-4-6-13(7-12)11-22-19(24)15(21-20(22)25)8-14-9-17(28-2)18(29-3)10-16(14)23(26)27/h4-10H,11H2,1-3H3,(H,21,25)/b15-8+. The number of aryl methyl sites for hydroxylation is 1. The van der Waals surface area contributed by atoms with Gasteiger partial charge in [0.25, 0.3) is 11.6 Å². The van der Waals surface area contributed by atoms with E-state index in [9.17, 15) is 19.7 Å². The number of rotatable bonds is 6. The molecule has 0 spiro atoms. The number of methoxy groups -OCH3 is 2. The average Bonchev–Trinajstić information content (AvgIpc) is 2.94. The third-order valence-corrected chi connectivity index (χ3v) is 4.41. The maximum Gasteiger partial charge on any atom is 0.329 e. The van der Waals surface area contributed by atoms with Crippen molar-refractivity contribution in [2.45, 2.75) is 13.5 Å². The molecular formula is C20H19N3O6. The van der Waals surface area contributed by atoms with Crippen LogP contribution in [-0.2, 0) is 11.3 Å². The topological polar surface area (TPSA) is 111 Å². The molecule has 0 saturated carbocycles. The van der Waals surface area contributed by atoms with Crippen molar-refractivity contribution in [1.82, 2.24) is 10.2 Å². The van der Waals surface area contributed by atoms with Gasteiger partial charge in [-0.1, -0.05) is 29.8 Å². The van der Waals surface area contributed by atoms with Crippen LogP contribution in [0.5, 0.6) is 11.5 Å². The molecule has 9 nitrogen and oxygen atoms in total. The zero-order valence-corrected chi connectivity index (χ0v) is 16.1. The minimum Gasteiger partial charge on any atom is -0.493 e. The summed E-state index contributed by atoms with van der Waals surface area (Å²) in [5.41, 5.74) is 1.57. The SMILES string of the molecule is COc1cc(/C=C2/NC(=O)N(Cc3cccc(C)c3)C2=O)c([N+](=O)[O-])cc1OC. The highest BCUT2D eigenvalue weighted by atomic mass is 16.6. The van der Waals surface area contributed by atoms with Gasteiger partial charge < -0.3 is 14.8 Å². The van der Waals surface area contributed by atoms with E-state index in [0.29, 0.717) is 0 Å². The molecular weight excluding hydrogens is 378 g/mol. The number of nitrogens with one attached hydrogen (secondary N) is 1. The molecule has 2 aromatic rings. The normalized spacial score (nSPS) is 14.9. The highest BCUT2D eigenvalue weighted by Crippen LogP contribution is 2.35. The van der Waals surface area contributed by atoms with Gasteiger partial charge in [0.15, 0.2) is 11.5 Å². The Morgan fingerprint density at radius 3 is 2.45 bits per heavy atom. The van der Waals surface area contributed by atoms with Crippen LogP contribution in [0.15, 0.2) is 42.1 Å². The van der Waals surface area contributed by atoms with Gasteiger partial charge in [0.1, 0.15) is 5.70 Å². The van der Waals surface area contributed by atoms with Crippen molar-refractivity contribution in [3.8, 4) is 11.5 Å². The van der Waals surface area contributed by atoms with Crippen LogP contribution in [0.3, 0.4) is 0 Å². The van der Waals surface area contributed by atoms with E-state index >= 15 is 0 Å². The van der Waals surface area contributed by atoms with Gasteiger partial charge in [-0.25, -0.2) is 4.79 Å². The van der Waals surface area contributed by atoms with Gasteiger partial charge >= 0.3 is 6.03 Å². The van der Waals surface area contributed by atoms with Gasteiger partial charge in [0.05, 0.1) is 37.3 Å². The molecule has 1 saturated heterocycles. The second-order valence-corrected chi connectivity index (χ2v) is 6.39. The van der Waals surface area contributed by atoms with Crippen LogP contribution in [0.1, 0.15) is 16.7 Å². The van der Waals surface area contributed by atoms with E-state index in [1.54, 1.807) is 0 Å². The Morgan fingerprint density at radius 1 is 1.14 bits per heavy atom. The van der Waals surface area contributed by atoms with Crippen molar-refractivity contribution in [3.05, 3.63) is 68.9 Å². The second-order valence-electron chi connectivity index (χ2n) is 6.39. The first-order valence-corrected chi connectivity index (χ1v) is 8.64. The number of carbonyl (C=O) groups is 2. The summed E-state index contributed by atoms with van der Waals surface area (Å²) in [5.74, 6) is -0.122. The largest absolute Gasteiger partial charge is 0.493 e. The van der Waals surface area contributed by atoms with Crippen molar-refractivity contribution < 1.29 is 24.0 Å². The van der Waals surface area contributed by atoms with Crippen molar-refractivity contribution in [3.63, 3.8) is 0 Å². The van der Waals surface area contributed by atoms with Gasteiger partial charge in [0, 0.05) is 0 Å². The molecule has 1 N–H and O–H groups in total. The summed E-state index contributed by atoms with van der Waals surface area (Å²) in [6.45, 7) is 2.01. The fourth-order valence-electron chi connectivity index (χ4n) is 3.02. The number of hydrogen-bond acceptors (Lipinski definition) is 6. The molecule has 150 valence electrons. The second kappa shape index (κ2) is 8.01. The Morgan fingerprint density at radius 2 is 1.83 bits per heavy atom. The van der Waals surface area contributed by atoms with Crippen molar-refractivity contribution in [1.29, 1.82) is 0 Å². The molecule has 0 unspecified atom stereocenters. The van der Waals surface area contributed by atoms with Crippen molar-refractivity contribution in [2.24, 2.45) is 0 Å². The molecule has 1 fully saturated rings. The number of nitro groups is 1. The Kier molecular flexibility index (Phi) is 5.49. The predicted octanol–water partition coefficient (Wildman–Crippen LogP) is 3.01. The molecule has 29 heavy (non-hydrogen) atoms. The molecule has 0 radical (unpaired) electrons. The molecule has 1 aliphatic rings. The molecule has 1 aliphatic heterocycles. The molecule has 0 aromatic heterocycles. The number of amides is 3. The zero-order valence-electron chi connectivity index (χ0n) is 16.1. The predicted molar refractivity (Wildman–Crippen MR) is 104 cm³/mol. The fraction of sp³-hybridized carbons (Fsp3) is 0.200. The summed E-state index contributed by atoms with van der Waals surface area (Å²) in [7, 11) is 2.76. The molecule has 3 amide bonds. The zero-order chi connectivity index (χ0) is 21.1. The molecule has 1 heterocycles. The average molecular weight is 397 g/mol. The van der Waals surface area contributed by atoms with Crippen molar-refractivity contribution in [2.75, 3.05) is 14.2 Å². The first-order valence-electron chi connectivity index (χ1n) is 8.64. The van der Waals surface area contributed by atoms with E-state index in [4.69, 9.17) is 9.47 Å². The molecule has 0 aliphatic carbocycles. The van der Waals surface area contributed by atoms with Gasteiger partial charge in [-0.15, -0.1) is 0 Å². The van der Waals surface area contributed by atoms with Gasteiger partial charge in [-0.2, -0.15) is 0 Å². The fourth-order valence-corrected chi connectivity index (χ4v) is 3.02. The third kappa shape index (κ3) is 4.03. The highest BCUT2D eigenvalue weighted by Gasteiger charge is 2.34. The van der Waals surface area contributed by atoms with E-state index < -0.39 is 16.9 Å². The monoisotopic (exact) mass is 397 g/mol. The number of nitrogens with zero attached hydrogens (tertiary/aromatic N) is 2. The lowest BCUT2D eigenvalue weighted by Crippen LogP contribution is -2.30. The first-order chi connectivity index (χ1) is 13.8. The van der Waals surface area contributed by atoms with E-state index in [1.807, 2.05) is 31.2 Å². The Bertz CT molecular complexity index is 1030. The quantitative estimate of drug-likeness (QED) is 0.347. The van der Waals surface area contributed by atoms with Gasteiger partial charge in [0.2, 0.25) is 0 Å². The summed E-state index contributed by atoms with van der Waals surface area (Å²) >= 11 is 0. The number of urea groups is 1. The number of imide groups is 1. The number of ether oxygens (including phenoxy) is 2. The third-order valence-electron chi connectivity index (χ3n) is 4.41. The summed E-state index contributed by atoms with van der Waals surface area (Å²) < 4.78 is 10.3. The van der Waals surface area contributed by atoms with E-state index in [1.165, 1.54) is 32.4 Å². The van der Waals surface area contributed by atoms with Crippen LogP contribution in [0.2, 0.25) is 0 Å². The summed E-state index contributed by atoms with van der Waals surface area (Å²) in [4.78, 5) is 36.9. The maximum atomic E-state index is 12.7. The van der Waals surface area contributed by atoms with E-state index in [0.717, 1.165) is 16.0 Å². The lowest BCUT2D eigenvalue weighted by Gasteiger charge is -2.12. The Labute approximate surface area is 166 Å². The molecule has 2 aromatic carbocycles. The number of carbonyl (C=O) groups excluding carboxylic acids is 2. The summed E-state index contributed by atoms with van der Waals surface area (Å²) in [5, 5.41) is 13.9. The highest BCUT2D eigenvalue weighted by molar-refractivity contribution is 6.14. The lowest BCUT2D eigenvalue weighted by molar-refractivity contribution is -0.385. The van der Waals surface area contributed by atoms with Crippen LogP contribution in [0, 0.1) is 17.0 Å². The van der Waals surface area contributed by atoms with Crippen LogP contribution in [0.25, 0.3) is 6.08 Å². The van der Waals surface area contributed by atoms with Crippen LogP contribution in [0.4, 0.5) is 10.5 Å². The summed E-state index contributed by atoms with van der Waals surface area (Å²) in [6.07, 6.45) is 1.26. The number of nitro benzene ring substituents is 1. The minimum absolute atomic E-state index is 0.0574. The van der Waals surface area contributed by atoms with Gasteiger partial charge in [-0.05, 0) is 24.6 Å². The van der Waals surface area contributed by atoms with Crippen molar-refractivity contribution >= 4 is 23.7 Å². The molecule has 9 heteroatoms. The number of benzene rings is 2. The number of hydrogen-bond donors (Lipinski definition) is 1. The molecule has 3 rings (SSSR count). The van der Waals surface area contributed by atoms with Crippen LogP contribution in [-0.4, -0.2) is 36.0 Å². The summed E-state index contributed by atoms with van der Waals surface area (Å²) in [6, 6.07) is 9.44. The first kappa shape index (κ1) is 19.9. The smallest absolute Gasteiger partial charge is 0.329 e. The van der Waals surface area contributed by atoms with Crippen LogP contribution >= 0.6 is 0 Å². The lowest BCUT2D eigenvalue weighted by atomic mass is 10.1.